The minimum atomic E-state index is -4.67. The average Bonchev–Trinajstić information content (AvgIpc) is 0.722. The fourth-order valence-electron chi connectivity index (χ4n) is 0. The molecule has 0 atom stereocenters. The maximum absolute atomic E-state index is 8.74. The summed E-state index contributed by atoms with van der Waals surface area (Å²) in [6.07, 6.45) is 0. The Labute approximate surface area is 126 Å². The van der Waals surface area contributed by atoms with Gasteiger partial charge < -0.3 is 43.8 Å². The topological polar surface area (TPSA) is 319 Å². The summed E-state index contributed by atoms with van der Waals surface area (Å²) < 4.78 is 31.6. The van der Waals surface area contributed by atoms with Crippen LogP contribution in [0.5, 0.6) is 0 Å². The quantitative estimate of drug-likeness (QED) is 0.323. The summed E-state index contributed by atoms with van der Waals surface area (Å²) in [5.41, 5.74) is 0. The average molecular weight is 329 g/mol. The Morgan fingerprint density at radius 3 is 0.733 bits per heavy atom. The largest absolute Gasteiger partial charge is 3.00 e. The predicted molar refractivity (Wildman–Crippen MR) is 41.3 cm³/mol. The van der Waals surface area contributed by atoms with E-state index in [0.29, 0.717) is 0 Å². The normalized spacial score (nSPS) is 3.87. The molecule has 0 fully saturated rings. The van der Waals surface area contributed by atoms with Gasteiger partial charge in [-0.2, -0.15) is 8.42 Å². The van der Waals surface area contributed by atoms with Gasteiger partial charge in [0.2, 0.25) is 0 Å². The third-order valence-corrected chi connectivity index (χ3v) is 0. The molecule has 0 aliphatic rings. The molecule has 1 radical (unpaired) electrons. The van der Waals surface area contributed by atoms with E-state index in [9.17, 15) is 0 Å². The van der Waals surface area contributed by atoms with E-state index in [0.717, 1.165) is 0 Å². The Hall–Kier alpha value is 1.34. The standard InChI is InChI=1S/Ca.Cr.H2O4S.6H2O.2O/c;;1-5(2,3)4;;;;;;;;/h;;(H2,1,2,3,4);6*1H2;;/q+2;+3;;;;;;;;2*-2/p-1. The van der Waals surface area contributed by atoms with E-state index < -0.39 is 10.4 Å². The molecule has 0 heterocycles. The Morgan fingerprint density at radius 1 is 0.733 bits per heavy atom. The molecular weight excluding hydrogens is 316 g/mol. The minimum Gasteiger partial charge on any atom is -2.00 e. The minimum absolute atomic E-state index is 0. The zero-order chi connectivity index (χ0) is 4.50. The summed E-state index contributed by atoms with van der Waals surface area (Å²) in [4.78, 5) is 0. The van der Waals surface area contributed by atoms with Gasteiger partial charge in [-0.05, 0) is 0 Å². The number of hydrogen-bond donors (Lipinski definition) is 2. The summed E-state index contributed by atoms with van der Waals surface area (Å²) in [7, 11) is -4.67. The molecule has 15 heavy (non-hydrogen) atoms. The molecule has 0 aromatic rings. The van der Waals surface area contributed by atoms with Crippen molar-refractivity contribution in [2.45, 2.75) is 0 Å². The predicted octanol–water partition coefficient (Wildman–Crippen LogP) is -5.57. The van der Waals surface area contributed by atoms with Gasteiger partial charge in [-0.1, -0.05) is 0 Å². The molecule has 0 amide bonds. The second kappa shape index (κ2) is 58.5. The van der Waals surface area contributed by atoms with Gasteiger partial charge in [0.1, 0.15) is 0 Å². The van der Waals surface area contributed by atoms with E-state index in [1.165, 1.54) is 0 Å². The maximum Gasteiger partial charge on any atom is 3.00 e. The molecule has 0 aromatic carbocycles. The fraction of sp³-hybridized carbons (Fsp3) is 0. The summed E-state index contributed by atoms with van der Waals surface area (Å²) in [6, 6.07) is 0. The van der Waals surface area contributed by atoms with Crippen molar-refractivity contribution < 1.29 is 78.7 Å². The SMILES string of the molecule is O.O.O.O.O.O=S(=O)(O)O.[Ca+2].[Cr+3].[O-2].[O-2].[OH-]. The van der Waals surface area contributed by atoms with Crippen molar-refractivity contribution in [1.29, 1.82) is 0 Å². The molecule has 0 aliphatic carbocycles. The van der Waals surface area contributed by atoms with Crippen molar-refractivity contribution in [2.24, 2.45) is 0 Å². The Bertz CT molecular complexity index is 98.8. The first kappa shape index (κ1) is 135. The van der Waals surface area contributed by atoms with Crippen LogP contribution in [0.2, 0.25) is 0 Å². The third kappa shape index (κ3) is 1520. The van der Waals surface area contributed by atoms with Crippen LogP contribution in [0.3, 0.4) is 0 Å². The van der Waals surface area contributed by atoms with E-state index in [4.69, 9.17) is 17.5 Å². The second-order valence-corrected chi connectivity index (χ2v) is 1.34. The van der Waals surface area contributed by atoms with Crippen LogP contribution in [0.1, 0.15) is 0 Å². The first-order valence-electron chi connectivity index (χ1n) is 0.698. The molecule has 0 spiro atoms. The molecule has 0 saturated heterocycles. The van der Waals surface area contributed by atoms with Crippen molar-refractivity contribution >= 4 is 48.1 Å². The molecule has 12 nitrogen and oxygen atoms in total. The molecule has 15 heteroatoms. The van der Waals surface area contributed by atoms with E-state index in [2.05, 4.69) is 0 Å². The molecule has 13 N–H and O–H groups in total. The number of hydrogen-bond acceptors (Lipinski definition) is 3. The second-order valence-electron chi connectivity index (χ2n) is 0.448. The van der Waals surface area contributed by atoms with Crippen LogP contribution >= 0.6 is 0 Å². The molecule has 0 unspecified atom stereocenters. The van der Waals surface area contributed by atoms with Gasteiger partial charge in [0.15, 0.2) is 0 Å². The molecular formula is H13CaCrO12S. The Kier molecular flexibility index (Phi) is 526. The van der Waals surface area contributed by atoms with Gasteiger partial charge in [0.05, 0.1) is 0 Å². The van der Waals surface area contributed by atoms with Gasteiger partial charge in [-0.15, -0.1) is 0 Å². The van der Waals surface area contributed by atoms with Gasteiger partial charge in [-0.25, -0.2) is 0 Å². The smallest absolute Gasteiger partial charge is 2.00 e. The van der Waals surface area contributed by atoms with E-state index >= 15 is 0 Å². The summed E-state index contributed by atoms with van der Waals surface area (Å²) in [5, 5.41) is 0. The fourth-order valence-corrected chi connectivity index (χ4v) is 0. The monoisotopic (exact) mass is 329 g/mol. The zero-order valence-electron chi connectivity index (χ0n) is 7.00. The van der Waals surface area contributed by atoms with E-state index in [1.54, 1.807) is 0 Å². The van der Waals surface area contributed by atoms with Crippen molar-refractivity contribution in [3.8, 4) is 0 Å². The maximum atomic E-state index is 8.74. The molecule has 0 aromatic heterocycles. The van der Waals surface area contributed by atoms with Crippen LogP contribution < -0.4 is 0 Å². The van der Waals surface area contributed by atoms with Gasteiger partial charge in [0.25, 0.3) is 0 Å². The van der Waals surface area contributed by atoms with Crippen LogP contribution in [0, 0.1) is 0 Å². The van der Waals surface area contributed by atoms with Crippen LogP contribution in [0.15, 0.2) is 0 Å². The first-order chi connectivity index (χ1) is 2.00. The van der Waals surface area contributed by atoms with Crippen molar-refractivity contribution in [3.05, 3.63) is 0 Å². The molecule has 0 rings (SSSR count). The van der Waals surface area contributed by atoms with Gasteiger partial charge in [0, 0.05) is 0 Å². The molecule has 99 valence electrons. The molecule has 0 aliphatic heterocycles. The third-order valence-electron chi connectivity index (χ3n) is 0. The van der Waals surface area contributed by atoms with Gasteiger partial charge >= 0.3 is 65.5 Å². The van der Waals surface area contributed by atoms with Crippen molar-refractivity contribution in [3.63, 3.8) is 0 Å². The van der Waals surface area contributed by atoms with E-state index in [-0.39, 0.29) is 98.9 Å². The Morgan fingerprint density at radius 2 is 0.733 bits per heavy atom. The summed E-state index contributed by atoms with van der Waals surface area (Å²) in [6.45, 7) is 0. The van der Waals surface area contributed by atoms with Crippen molar-refractivity contribution in [1.82, 2.24) is 0 Å². The van der Waals surface area contributed by atoms with Crippen molar-refractivity contribution in [2.75, 3.05) is 0 Å². The summed E-state index contributed by atoms with van der Waals surface area (Å²) in [5.74, 6) is 0. The molecule has 0 bridgehead atoms. The first-order valence-corrected chi connectivity index (χ1v) is 2.10. The zero-order valence-corrected chi connectivity index (χ0v) is 11.3. The summed E-state index contributed by atoms with van der Waals surface area (Å²) >= 11 is 0. The van der Waals surface area contributed by atoms with Crippen LogP contribution in [0.4, 0.5) is 0 Å². The van der Waals surface area contributed by atoms with Crippen LogP contribution in [-0.4, -0.2) is 88.1 Å². The van der Waals surface area contributed by atoms with Crippen LogP contribution in [0.25, 0.3) is 0 Å². The van der Waals surface area contributed by atoms with Gasteiger partial charge in [-0.3, -0.25) is 9.11 Å². The molecule has 0 saturated carbocycles. The Balaban J connectivity index is -0.00000000178. The number of rotatable bonds is 0. The van der Waals surface area contributed by atoms with E-state index in [1.807, 2.05) is 0 Å². The van der Waals surface area contributed by atoms with Crippen LogP contribution in [-0.2, 0) is 38.7 Å².